The Labute approximate surface area is 165 Å². The molecule has 26 heavy (non-hydrogen) atoms. The number of halogens is 1. The zero-order chi connectivity index (χ0) is 18.3. The largest absolute Gasteiger partial charge is 0.363 e. The molecule has 4 rings (SSSR count). The number of anilines is 1. The Hall–Kier alpha value is -1.57. The second-order valence-electron chi connectivity index (χ2n) is 6.44. The number of rotatable bonds is 4. The molecular formula is C18H19ClN4OS2. The zero-order valence-corrected chi connectivity index (χ0v) is 17.0. The van der Waals surface area contributed by atoms with Gasteiger partial charge in [-0.25, -0.2) is 0 Å². The van der Waals surface area contributed by atoms with Crippen LogP contribution in [0.2, 0.25) is 5.02 Å². The van der Waals surface area contributed by atoms with Crippen LogP contribution in [-0.4, -0.2) is 35.1 Å². The SMILES string of the molecule is CNc1nnc(SC2=C3CCCC[C@]3(c3ccccc3Cl)N(C)C2=O)s1. The molecule has 1 amide bonds. The highest BCUT2D eigenvalue weighted by Crippen LogP contribution is 2.55. The van der Waals surface area contributed by atoms with Crippen LogP contribution in [-0.2, 0) is 10.3 Å². The van der Waals surface area contributed by atoms with E-state index in [0.29, 0.717) is 5.02 Å². The molecule has 0 spiro atoms. The van der Waals surface area contributed by atoms with Crippen LogP contribution in [0.1, 0.15) is 31.2 Å². The Morgan fingerprint density at radius 1 is 1.31 bits per heavy atom. The minimum absolute atomic E-state index is 0.0491. The molecule has 1 aromatic heterocycles. The number of likely N-dealkylation sites (N-methyl/N-ethyl adjacent to an activating group) is 1. The lowest BCUT2D eigenvalue weighted by Crippen LogP contribution is -2.44. The quantitative estimate of drug-likeness (QED) is 0.808. The molecule has 2 heterocycles. The fourth-order valence-electron chi connectivity index (χ4n) is 3.99. The Morgan fingerprint density at radius 3 is 2.85 bits per heavy atom. The van der Waals surface area contributed by atoms with E-state index in [2.05, 4.69) is 21.6 Å². The molecule has 1 aliphatic carbocycles. The van der Waals surface area contributed by atoms with Gasteiger partial charge in [-0.1, -0.05) is 59.3 Å². The van der Waals surface area contributed by atoms with E-state index in [1.165, 1.54) is 28.7 Å². The van der Waals surface area contributed by atoms with Crippen LogP contribution in [0.5, 0.6) is 0 Å². The number of nitrogens with zero attached hydrogens (tertiary/aromatic N) is 3. The van der Waals surface area contributed by atoms with Crippen molar-refractivity contribution in [2.45, 2.75) is 35.6 Å². The van der Waals surface area contributed by atoms with Crippen molar-refractivity contribution in [3.8, 4) is 0 Å². The predicted molar refractivity (Wildman–Crippen MR) is 107 cm³/mol. The third kappa shape index (κ3) is 2.64. The lowest BCUT2D eigenvalue weighted by atomic mass is 9.73. The number of hydrogen-bond acceptors (Lipinski definition) is 6. The summed E-state index contributed by atoms with van der Waals surface area (Å²) in [6.45, 7) is 0. The summed E-state index contributed by atoms with van der Waals surface area (Å²) in [5, 5.41) is 12.7. The number of benzene rings is 1. The molecule has 5 nitrogen and oxygen atoms in total. The average Bonchev–Trinajstić information content (AvgIpc) is 3.20. The molecule has 1 N–H and O–H groups in total. The fraction of sp³-hybridized carbons (Fsp3) is 0.389. The maximum atomic E-state index is 13.2. The van der Waals surface area contributed by atoms with Gasteiger partial charge in [-0.15, -0.1) is 10.2 Å². The first-order valence-corrected chi connectivity index (χ1v) is 10.5. The van der Waals surface area contributed by atoms with Gasteiger partial charge in [0.25, 0.3) is 5.91 Å². The molecule has 1 atom stereocenters. The zero-order valence-electron chi connectivity index (χ0n) is 14.6. The van der Waals surface area contributed by atoms with Gasteiger partial charge in [-0.2, -0.15) is 0 Å². The first kappa shape index (κ1) is 17.8. The Morgan fingerprint density at radius 2 is 2.12 bits per heavy atom. The Kier molecular flexibility index (Phi) is 4.71. The van der Waals surface area contributed by atoms with Gasteiger partial charge in [0.1, 0.15) is 0 Å². The fourth-order valence-corrected chi connectivity index (χ4v) is 6.24. The molecule has 136 valence electrons. The number of nitrogens with one attached hydrogen (secondary N) is 1. The van der Waals surface area contributed by atoms with Crippen molar-refractivity contribution in [1.82, 2.24) is 15.1 Å². The molecule has 2 aliphatic rings. The summed E-state index contributed by atoms with van der Waals surface area (Å²) in [5.74, 6) is 0.0491. The topological polar surface area (TPSA) is 58.1 Å². The Bertz CT molecular complexity index is 897. The maximum Gasteiger partial charge on any atom is 0.261 e. The molecule has 8 heteroatoms. The molecule has 1 aliphatic heterocycles. The number of fused-ring (bicyclic) bond motifs is 1. The molecule has 1 aromatic carbocycles. The van der Waals surface area contributed by atoms with Gasteiger partial charge in [0.15, 0.2) is 4.34 Å². The molecule has 2 aromatic rings. The van der Waals surface area contributed by atoms with Crippen LogP contribution < -0.4 is 5.32 Å². The molecule has 0 saturated heterocycles. The summed E-state index contributed by atoms with van der Waals surface area (Å²) < 4.78 is 0.777. The summed E-state index contributed by atoms with van der Waals surface area (Å²) >= 11 is 9.46. The van der Waals surface area contributed by atoms with Crippen LogP contribution in [0.15, 0.2) is 39.1 Å². The minimum atomic E-state index is -0.438. The van der Waals surface area contributed by atoms with E-state index in [1.807, 2.05) is 37.2 Å². The summed E-state index contributed by atoms with van der Waals surface area (Å²) in [5.41, 5.74) is 1.76. The van der Waals surface area contributed by atoms with Crippen molar-refractivity contribution in [1.29, 1.82) is 0 Å². The van der Waals surface area contributed by atoms with E-state index in [-0.39, 0.29) is 5.91 Å². The molecule has 0 unspecified atom stereocenters. The molecule has 0 bridgehead atoms. The van der Waals surface area contributed by atoms with Crippen LogP contribution in [0, 0.1) is 0 Å². The van der Waals surface area contributed by atoms with Gasteiger partial charge >= 0.3 is 0 Å². The maximum absolute atomic E-state index is 13.2. The molecule has 1 saturated carbocycles. The van der Waals surface area contributed by atoms with E-state index in [1.54, 1.807) is 0 Å². The van der Waals surface area contributed by atoms with Crippen LogP contribution in [0.4, 0.5) is 5.13 Å². The lowest BCUT2D eigenvalue weighted by molar-refractivity contribution is -0.128. The van der Waals surface area contributed by atoms with E-state index >= 15 is 0 Å². The summed E-state index contributed by atoms with van der Waals surface area (Å²) in [6, 6.07) is 7.89. The van der Waals surface area contributed by atoms with Gasteiger partial charge in [0.2, 0.25) is 5.13 Å². The number of carbonyl (C=O) groups is 1. The molecule has 1 fully saturated rings. The monoisotopic (exact) mass is 406 g/mol. The highest BCUT2D eigenvalue weighted by Gasteiger charge is 2.52. The van der Waals surface area contributed by atoms with E-state index in [4.69, 9.17) is 11.6 Å². The third-order valence-electron chi connectivity index (χ3n) is 5.19. The lowest BCUT2D eigenvalue weighted by Gasteiger charge is -2.42. The van der Waals surface area contributed by atoms with Gasteiger partial charge in [0.05, 0.1) is 10.4 Å². The Balaban J connectivity index is 1.83. The number of hydrogen-bond donors (Lipinski definition) is 1. The first-order valence-electron chi connectivity index (χ1n) is 8.54. The van der Waals surface area contributed by atoms with Crippen LogP contribution >= 0.6 is 34.7 Å². The average molecular weight is 407 g/mol. The van der Waals surface area contributed by atoms with Gasteiger partial charge in [-0.3, -0.25) is 4.79 Å². The van der Waals surface area contributed by atoms with E-state index < -0.39 is 5.54 Å². The smallest absolute Gasteiger partial charge is 0.261 e. The van der Waals surface area contributed by atoms with E-state index in [9.17, 15) is 4.79 Å². The summed E-state index contributed by atoms with van der Waals surface area (Å²) in [6.07, 6.45) is 3.97. The van der Waals surface area contributed by atoms with Crippen molar-refractivity contribution >= 4 is 45.7 Å². The van der Waals surface area contributed by atoms with Crippen LogP contribution in [0.3, 0.4) is 0 Å². The van der Waals surface area contributed by atoms with Gasteiger partial charge in [-0.05, 0) is 30.9 Å². The third-order valence-corrected chi connectivity index (χ3v) is 7.64. The van der Waals surface area contributed by atoms with Gasteiger partial charge in [0, 0.05) is 24.7 Å². The van der Waals surface area contributed by atoms with Crippen molar-refractivity contribution in [2.75, 3.05) is 19.4 Å². The second-order valence-corrected chi connectivity index (χ2v) is 9.09. The molecule has 0 radical (unpaired) electrons. The molecular weight excluding hydrogens is 388 g/mol. The van der Waals surface area contributed by atoms with Crippen molar-refractivity contribution in [2.24, 2.45) is 0 Å². The highest BCUT2D eigenvalue weighted by atomic mass is 35.5. The normalized spacial score (nSPS) is 22.7. The van der Waals surface area contributed by atoms with E-state index in [0.717, 1.165) is 45.6 Å². The number of amides is 1. The number of thioether (sulfide) groups is 1. The van der Waals surface area contributed by atoms with Crippen molar-refractivity contribution < 1.29 is 4.79 Å². The first-order chi connectivity index (χ1) is 12.6. The van der Waals surface area contributed by atoms with Crippen LogP contribution in [0.25, 0.3) is 0 Å². The summed E-state index contributed by atoms with van der Waals surface area (Å²) in [4.78, 5) is 15.9. The van der Waals surface area contributed by atoms with Crippen molar-refractivity contribution in [3.05, 3.63) is 45.3 Å². The summed E-state index contributed by atoms with van der Waals surface area (Å²) in [7, 11) is 3.71. The van der Waals surface area contributed by atoms with Gasteiger partial charge < -0.3 is 10.2 Å². The van der Waals surface area contributed by atoms with Crippen molar-refractivity contribution in [3.63, 3.8) is 0 Å². The number of aromatic nitrogens is 2. The minimum Gasteiger partial charge on any atom is -0.363 e. The predicted octanol–water partition coefficient (Wildman–Crippen LogP) is 4.52. The highest BCUT2D eigenvalue weighted by molar-refractivity contribution is 8.05. The second kappa shape index (κ2) is 6.87. The standard InChI is InChI=1S/C18H19ClN4OS2/c1-20-16-21-22-17(26-16)25-14-12-8-5-6-10-18(12,23(2)15(14)24)11-7-3-4-9-13(11)19/h3-4,7,9H,5-6,8,10H2,1-2H3,(H,20,21)/t18-/m1/s1. The number of carbonyl (C=O) groups excluding carboxylic acids is 1.